The molecule has 0 saturated carbocycles. The molecule has 0 unspecified atom stereocenters. The molecule has 0 heterocycles. The summed E-state index contributed by atoms with van der Waals surface area (Å²) >= 11 is 0. The van der Waals surface area contributed by atoms with Gasteiger partial charge in [0.25, 0.3) is 0 Å². The van der Waals surface area contributed by atoms with Crippen molar-refractivity contribution < 1.29 is 28.7 Å². The SMILES string of the molecule is O=P(O)(O)Cc1ccccc1CP(=O)(O)O. The Bertz CT molecular complexity index is 416. The molecule has 4 N–H and O–H groups in total. The molecule has 0 aliphatic rings. The molecule has 0 aromatic heterocycles. The fraction of sp³-hybridized carbons (Fsp3) is 0.250. The van der Waals surface area contributed by atoms with Gasteiger partial charge in [0.2, 0.25) is 0 Å². The van der Waals surface area contributed by atoms with Crippen LogP contribution in [0.5, 0.6) is 0 Å². The number of hydrogen-bond acceptors (Lipinski definition) is 2. The summed E-state index contributed by atoms with van der Waals surface area (Å²) in [6.45, 7) is 0. The molecule has 0 radical (unpaired) electrons. The smallest absolute Gasteiger partial charge is 0.324 e. The highest BCUT2D eigenvalue weighted by molar-refractivity contribution is 7.51. The summed E-state index contributed by atoms with van der Waals surface area (Å²) in [7, 11) is -8.47. The topological polar surface area (TPSA) is 115 Å². The van der Waals surface area contributed by atoms with Crippen molar-refractivity contribution in [3.05, 3.63) is 35.4 Å². The lowest BCUT2D eigenvalue weighted by atomic mass is 10.1. The summed E-state index contributed by atoms with van der Waals surface area (Å²) in [6, 6.07) is 6.02. The molecule has 0 bridgehead atoms. The van der Waals surface area contributed by atoms with Crippen molar-refractivity contribution in [2.24, 2.45) is 0 Å². The van der Waals surface area contributed by atoms with Gasteiger partial charge in [-0.3, -0.25) is 9.13 Å². The molecule has 1 aromatic rings. The van der Waals surface area contributed by atoms with E-state index in [1.54, 1.807) is 12.1 Å². The Kier molecular flexibility index (Phi) is 4.07. The fourth-order valence-electron chi connectivity index (χ4n) is 1.31. The lowest BCUT2D eigenvalue weighted by Gasteiger charge is -2.11. The molecule has 1 rings (SSSR count). The average molecular weight is 266 g/mol. The van der Waals surface area contributed by atoms with E-state index in [2.05, 4.69) is 0 Å². The van der Waals surface area contributed by atoms with E-state index in [4.69, 9.17) is 19.6 Å². The Morgan fingerprint density at radius 2 is 1.12 bits per heavy atom. The second-order valence-electron chi connectivity index (χ2n) is 3.41. The van der Waals surface area contributed by atoms with Crippen molar-refractivity contribution >= 4 is 15.2 Å². The fourth-order valence-corrected chi connectivity index (χ4v) is 2.81. The minimum absolute atomic E-state index is 0.263. The Balaban J connectivity index is 3.01. The zero-order valence-corrected chi connectivity index (χ0v) is 10.0. The number of benzene rings is 1. The molecule has 0 spiro atoms. The molecular weight excluding hydrogens is 254 g/mol. The molecule has 0 fully saturated rings. The summed E-state index contributed by atoms with van der Waals surface area (Å²) in [5, 5.41) is 0. The zero-order valence-electron chi connectivity index (χ0n) is 8.22. The molecule has 0 saturated heterocycles. The third-order valence-corrected chi connectivity index (χ3v) is 3.38. The maximum absolute atomic E-state index is 10.8. The first-order chi connectivity index (χ1) is 7.17. The first-order valence-electron chi connectivity index (χ1n) is 4.33. The normalized spacial score (nSPS) is 12.8. The van der Waals surface area contributed by atoms with Gasteiger partial charge in [0, 0.05) is 0 Å². The minimum Gasteiger partial charge on any atom is -0.324 e. The van der Waals surface area contributed by atoms with Crippen LogP contribution in [-0.4, -0.2) is 19.6 Å². The van der Waals surface area contributed by atoms with E-state index >= 15 is 0 Å². The van der Waals surface area contributed by atoms with E-state index in [9.17, 15) is 9.13 Å². The molecule has 0 aliphatic heterocycles. The van der Waals surface area contributed by atoms with Gasteiger partial charge < -0.3 is 19.6 Å². The number of hydrogen-bond donors (Lipinski definition) is 4. The van der Waals surface area contributed by atoms with E-state index in [0.29, 0.717) is 0 Å². The van der Waals surface area contributed by atoms with Crippen LogP contribution in [-0.2, 0) is 21.5 Å². The van der Waals surface area contributed by atoms with Crippen LogP contribution >= 0.6 is 15.2 Å². The highest BCUT2D eigenvalue weighted by Crippen LogP contribution is 2.44. The Morgan fingerprint density at radius 1 is 0.812 bits per heavy atom. The first-order valence-corrected chi connectivity index (χ1v) is 7.93. The second-order valence-corrected chi connectivity index (χ2v) is 6.71. The van der Waals surface area contributed by atoms with Gasteiger partial charge >= 0.3 is 15.2 Å². The van der Waals surface area contributed by atoms with Crippen molar-refractivity contribution in [3.63, 3.8) is 0 Å². The van der Waals surface area contributed by atoms with Gasteiger partial charge in [0.1, 0.15) is 0 Å². The quantitative estimate of drug-likeness (QED) is 0.605. The maximum Gasteiger partial charge on any atom is 0.329 e. The van der Waals surface area contributed by atoms with Crippen LogP contribution in [0.1, 0.15) is 11.1 Å². The van der Waals surface area contributed by atoms with E-state index in [0.717, 1.165) is 0 Å². The largest absolute Gasteiger partial charge is 0.329 e. The first kappa shape index (κ1) is 13.6. The standard InChI is InChI=1S/C8H12O6P2/c9-15(10,11)5-7-3-1-2-4-8(7)6-16(12,13)14/h1-4H,5-6H2,(H2,9,10,11)(H2,12,13,14). The van der Waals surface area contributed by atoms with Gasteiger partial charge in [-0.1, -0.05) is 24.3 Å². The molecule has 1 aromatic carbocycles. The summed E-state index contributed by atoms with van der Waals surface area (Å²) in [6.07, 6.45) is -1.02. The van der Waals surface area contributed by atoms with Crippen LogP contribution in [0, 0.1) is 0 Å². The van der Waals surface area contributed by atoms with E-state index in [1.807, 2.05) is 0 Å². The van der Waals surface area contributed by atoms with Crippen molar-refractivity contribution in [2.75, 3.05) is 0 Å². The van der Waals surface area contributed by atoms with Crippen LogP contribution < -0.4 is 0 Å². The zero-order chi connectivity index (χ0) is 12.4. The summed E-state index contributed by atoms with van der Waals surface area (Å²) in [5.41, 5.74) is 0.526. The van der Waals surface area contributed by atoms with Gasteiger partial charge in [-0.2, -0.15) is 0 Å². The van der Waals surface area contributed by atoms with Crippen LogP contribution in [0.2, 0.25) is 0 Å². The highest BCUT2D eigenvalue weighted by Gasteiger charge is 2.20. The van der Waals surface area contributed by atoms with Crippen LogP contribution in [0.3, 0.4) is 0 Å². The van der Waals surface area contributed by atoms with Crippen LogP contribution in [0.25, 0.3) is 0 Å². The average Bonchev–Trinajstić information content (AvgIpc) is 2.03. The molecular formula is C8H12O6P2. The second kappa shape index (κ2) is 4.80. The predicted molar refractivity (Wildman–Crippen MR) is 57.9 cm³/mol. The molecule has 0 amide bonds. The van der Waals surface area contributed by atoms with Gasteiger partial charge in [0.15, 0.2) is 0 Å². The Morgan fingerprint density at radius 3 is 1.38 bits per heavy atom. The van der Waals surface area contributed by atoms with Gasteiger partial charge in [-0.15, -0.1) is 0 Å². The third kappa shape index (κ3) is 5.03. The minimum atomic E-state index is -4.23. The molecule has 16 heavy (non-hydrogen) atoms. The summed E-state index contributed by atoms with van der Waals surface area (Å²) < 4.78 is 21.6. The van der Waals surface area contributed by atoms with Crippen LogP contribution in [0.4, 0.5) is 0 Å². The monoisotopic (exact) mass is 266 g/mol. The maximum atomic E-state index is 10.8. The van der Waals surface area contributed by atoms with Gasteiger partial charge in [-0.05, 0) is 11.1 Å². The summed E-state index contributed by atoms with van der Waals surface area (Å²) in [5.74, 6) is 0. The van der Waals surface area contributed by atoms with Gasteiger partial charge in [0.05, 0.1) is 12.3 Å². The predicted octanol–water partition coefficient (Wildman–Crippen LogP) is 1.04. The molecule has 8 heteroatoms. The van der Waals surface area contributed by atoms with E-state index < -0.39 is 27.5 Å². The van der Waals surface area contributed by atoms with E-state index in [-0.39, 0.29) is 11.1 Å². The van der Waals surface area contributed by atoms with Crippen molar-refractivity contribution in [3.8, 4) is 0 Å². The lowest BCUT2D eigenvalue weighted by molar-refractivity contribution is 0.367. The van der Waals surface area contributed by atoms with Crippen molar-refractivity contribution in [2.45, 2.75) is 12.3 Å². The van der Waals surface area contributed by atoms with Crippen molar-refractivity contribution in [1.29, 1.82) is 0 Å². The molecule has 6 nitrogen and oxygen atoms in total. The number of rotatable bonds is 4. The molecule has 90 valence electrons. The molecule has 0 atom stereocenters. The highest BCUT2D eigenvalue weighted by atomic mass is 31.2. The third-order valence-electron chi connectivity index (χ3n) is 1.87. The van der Waals surface area contributed by atoms with E-state index in [1.165, 1.54) is 12.1 Å². The van der Waals surface area contributed by atoms with Crippen LogP contribution in [0.15, 0.2) is 24.3 Å². The van der Waals surface area contributed by atoms with Crippen molar-refractivity contribution in [1.82, 2.24) is 0 Å². The lowest BCUT2D eigenvalue weighted by Crippen LogP contribution is -1.96. The summed E-state index contributed by atoms with van der Waals surface area (Å²) in [4.78, 5) is 35.2. The van der Waals surface area contributed by atoms with Gasteiger partial charge in [-0.25, -0.2) is 0 Å². The Labute approximate surface area is 92.3 Å². The Hall–Kier alpha value is -0.480. The molecule has 0 aliphatic carbocycles.